The summed E-state index contributed by atoms with van der Waals surface area (Å²) in [6.45, 7) is 3.37. The second-order valence-electron chi connectivity index (χ2n) is 8.27. The Bertz CT molecular complexity index is 1180. The number of carbonyl (C=O) groups excluding carboxylic acids is 2. The maximum atomic E-state index is 12.7. The number of hydrogen-bond donors (Lipinski definition) is 2. The van der Waals surface area contributed by atoms with Gasteiger partial charge in [0, 0.05) is 28.2 Å². The number of hydrogen-bond acceptors (Lipinski definition) is 5. The van der Waals surface area contributed by atoms with Gasteiger partial charge in [0.05, 0.1) is 18.1 Å². The molecule has 0 bridgehead atoms. The lowest BCUT2D eigenvalue weighted by molar-refractivity contribution is -0.163. The number of benzene rings is 2. The molecule has 31 heavy (non-hydrogen) atoms. The average Bonchev–Trinajstić information content (AvgIpc) is 3.16. The first kappa shape index (κ1) is 19.5. The summed E-state index contributed by atoms with van der Waals surface area (Å²) >= 11 is 0. The summed E-state index contributed by atoms with van der Waals surface area (Å²) in [4.78, 5) is 38.4. The Kier molecular flexibility index (Phi) is 4.27. The molecular weight excluding hydrogens is 398 g/mol. The number of aliphatic hydroxyl groups is 1. The van der Waals surface area contributed by atoms with Gasteiger partial charge in [-0.1, -0.05) is 43.3 Å². The third-order valence-electron chi connectivity index (χ3n) is 6.61. The fraction of sp³-hybridized carbons (Fsp3) is 0.292. The zero-order valence-electron chi connectivity index (χ0n) is 17.0. The van der Waals surface area contributed by atoms with Gasteiger partial charge in [-0.3, -0.25) is 9.59 Å². The largest absolute Gasteiger partial charge is 0.488 e. The summed E-state index contributed by atoms with van der Waals surface area (Å²) in [5.74, 6) is -2.02. The predicted octanol–water partition coefficient (Wildman–Crippen LogP) is 2.47. The van der Waals surface area contributed by atoms with Gasteiger partial charge in [0.1, 0.15) is 18.1 Å². The van der Waals surface area contributed by atoms with Crippen LogP contribution in [0.4, 0.5) is 0 Å². The van der Waals surface area contributed by atoms with Crippen molar-refractivity contribution in [2.24, 2.45) is 11.8 Å². The van der Waals surface area contributed by atoms with E-state index in [0.29, 0.717) is 28.0 Å². The van der Waals surface area contributed by atoms with Crippen molar-refractivity contribution < 1.29 is 29.3 Å². The van der Waals surface area contributed by atoms with E-state index in [4.69, 9.17) is 4.74 Å². The number of fused-ring (bicyclic) bond motifs is 4. The molecule has 7 nitrogen and oxygen atoms in total. The minimum atomic E-state index is -1.19. The molecule has 0 radical (unpaired) electrons. The van der Waals surface area contributed by atoms with Crippen LogP contribution in [-0.2, 0) is 9.59 Å². The number of nitrogens with zero attached hydrogens (tertiary/aromatic N) is 1. The normalized spacial score (nSPS) is 24.5. The van der Waals surface area contributed by atoms with Crippen LogP contribution in [0.2, 0.25) is 0 Å². The van der Waals surface area contributed by atoms with Crippen molar-refractivity contribution in [3.8, 4) is 16.9 Å². The van der Waals surface area contributed by atoms with E-state index in [9.17, 15) is 24.6 Å². The molecule has 158 valence electrons. The van der Waals surface area contributed by atoms with Gasteiger partial charge in [-0.05, 0) is 18.6 Å². The molecule has 3 unspecified atom stereocenters. The molecule has 5 rings (SSSR count). The Hall–Kier alpha value is -3.45. The highest BCUT2D eigenvalue weighted by Crippen LogP contribution is 2.48. The number of β-lactam (4-membered cyclic amide) rings is 1. The fourth-order valence-electron chi connectivity index (χ4n) is 5.15. The maximum Gasteiger partial charge on any atom is 0.352 e. The number of ether oxygens (including phenoxy) is 1. The van der Waals surface area contributed by atoms with E-state index < -0.39 is 18.0 Å². The summed E-state index contributed by atoms with van der Waals surface area (Å²) in [6.07, 6.45) is -0.855. The van der Waals surface area contributed by atoms with Gasteiger partial charge in [0.15, 0.2) is 5.78 Å². The molecule has 1 aliphatic carbocycles. The monoisotopic (exact) mass is 419 g/mol. The summed E-state index contributed by atoms with van der Waals surface area (Å²) in [5.41, 5.74) is 3.10. The van der Waals surface area contributed by atoms with Gasteiger partial charge in [-0.2, -0.15) is 0 Å². The van der Waals surface area contributed by atoms with Crippen molar-refractivity contribution in [2.75, 3.05) is 6.61 Å². The van der Waals surface area contributed by atoms with Gasteiger partial charge in [-0.15, -0.1) is 0 Å². The van der Waals surface area contributed by atoms with Crippen molar-refractivity contribution in [2.45, 2.75) is 26.0 Å². The Labute approximate surface area is 178 Å². The van der Waals surface area contributed by atoms with E-state index >= 15 is 0 Å². The van der Waals surface area contributed by atoms with Crippen LogP contribution < -0.4 is 4.74 Å². The molecule has 1 saturated heterocycles. The van der Waals surface area contributed by atoms with E-state index in [-0.39, 0.29) is 36.0 Å². The minimum absolute atomic E-state index is 0.0254. The fourth-order valence-corrected chi connectivity index (χ4v) is 5.15. The van der Waals surface area contributed by atoms with Crippen LogP contribution in [-0.4, -0.2) is 51.5 Å². The van der Waals surface area contributed by atoms with Crippen molar-refractivity contribution in [3.05, 3.63) is 64.9 Å². The smallest absolute Gasteiger partial charge is 0.352 e. The molecule has 2 aliphatic heterocycles. The third kappa shape index (κ3) is 2.59. The summed E-state index contributed by atoms with van der Waals surface area (Å²) in [7, 11) is 0. The maximum absolute atomic E-state index is 12.7. The molecule has 7 heteroatoms. The Morgan fingerprint density at radius 1 is 1.10 bits per heavy atom. The van der Waals surface area contributed by atoms with Crippen molar-refractivity contribution in [3.63, 3.8) is 0 Å². The first-order chi connectivity index (χ1) is 14.8. The molecule has 0 aromatic heterocycles. The molecule has 0 saturated carbocycles. The van der Waals surface area contributed by atoms with Crippen molar-refractivity contribution in [1.82, 2.24) is 4.90 Å². The SMILES string of the molecule is CC(O)C1C(=O)N2C(C(=O)O)=C(COc3cccc4c3-c3ccccc3C4=O)[C@H](C)C12. The average molecular weight is 419 g/mol. The van der Waals surface area contributed by atoms with Crippen molar-refractivity contribution >= 4 is 17.7 Å². The van der Waals surface area contributed by atoms with Crippen LogP contribution in [0, 0.1) is 11.8 Å². The molecular formula is C24H21NO6. The highest BCUT2D eigenvalue weighted by atomic mass is 16.5. The summed E-state index contributed by atoms with van der Waals surface area (Å²) < 4.78 is 6.07. The van der Waals surface area contributed by atoms with Crippen LogP contribution in [0.5, 0.6) is 5.75 Å². The number of amides is 1. The number of carboxylic acids is 1. The van der Waals surface area contributed by atoms with E-state index in [0.717, 1.165) is 5.56 Å². The zero-order valence-corrected chi connectivity index (χ0v) is 17.0. The first-order valence-electron chi connectivity index (χ1n) is 10.2. The minimum Gasteiger partial charge on any atom is -0.488 e. The second-order valence-corrected chi connectivity index (χ2v) is 8.27. The van der Waals surface area contributed by atoms with E-state index in [2.05, 4.69) is 0 Å². The topological polar surface area (TPSA) is 104 Å². The summed E-state index contributed by atoms with van der Waals surface area (Å²) in [6, 6.07) is 12.2. The van der Waals surface area contributed by atoms with Crippen LogP contribution >= 0.6 is 0 Å². The van der Waals surface area contributed by atoms with Crippen molar-refractivity contribution in [1.29, 1.82) is 0 Å². The van der Waals surface area contributed by atoms with E-state index in [1.54, 1.807) is 31.2 Å². The number of carbonyl (C=O) groups is 3. The van der Waals surface area contributed by atoms with Crippen LogP contribution in [0.1, 0.15) is 29.8 Å². The zero-order chi connectivity index (χ0) is 22.0. The van der Waals surface area contributed by atoms with Crippen LogP contribution in [0.15, 0.2) is 53.7 Å². The number of carboxylic acid groups (broad SMARTS) is 1. The molecule has 1 amide bonds. The van der Waals surface area contributed by atoms with Gasteiger partial charge >= 0.3 is 5.97 Å². The third-order valence-corrected chi connectivity index (χ3v) is 6.61. The first-order valence-corrected chi connectivity index (χ1v) is 10.2. The quantitative estimate of drug-likeness (QED) is 0.616. The molecule has 4 atom stereocenters. The summed E-state index contributed by atoms with van der Waals surface area (Å²) in [5, 5.41) is 19.7. The molecule has 2 aromatic carbocycles. The highest BCUT2D eigenvalue weighted by Gasteiger charge is 2.59. The van der Waals surface area contributed by atoms with E-state index in [1.807, 2.05) is 25.1 Å². The lowest BCUT2D eigenvalue weighted by atomic mass is 9.78. The standard InChI is InChI=1S/C24H21NO6/c1-11-16(21(24(29)30)25-20(11)18(12(2)26)23(25)28)10-31-17-9-5-8-15-19(17)13-6-3-4-7-14(13)22(15)27/h3-9,11-12,18,20,26H,10H2,1-2H3,(H,29,30)/t11-,12?,18?,20?/m0/s1. The Morgan fingerprint density at radius 3 is 2.45 bits per heavy atom. The van der Waals surface area contributed by atoms with Gasteiger partial charge < -0.3 is 19.8 Å². The number of aliphatic hydroxyl groups excluding tert-OH is 1. The molecule has 1 fully saturated rings. The van der Waals surface area contributed by atoms with Gasteiger partial charge in [0.2, 0.25) is 5.91 Å². The molecule has 2 heterocycles. The predicted molar refractivity (Wildman–Crippen MR) is 110 cm³/mol. The van der Waals surface area contributed by atoms with Gasteiger partial charge in [0.25, 0.3) is 0 Å². The highest BCUT2D eigenvalue weighted by molar-refractivity contribution is 6.22. The lowest BCUT2D eigenvalue weighted by Gasteiger charge is -2.46. The lowest BCUT2D eigenvalue weighted by Crippen LogP contribution is -2.63. The number of ketones is 1. The molecule has 2 aromatic rings. The number of aliphatic carboxylic acids is 1. The molecule has 3 aliphatic rings. The van der Waals surface area contributed by atoms with Crippen LogP contribution in [0.3, 0.4) is 0 Å². The second kappa shape index (κ2) is 6.78. The molecule has 0 spiro atoms. The number of rotatable bonds is 5. The van der Waals surface area contributed by atoms with Gasteiger partial charge in [-0.25, -0.2) is 4.79 Å². The van der Waals surface area contributed by atoms with Crippen LogP contribution in [0.25, 0.3) is 11.1 Å². The Morgan fingerprint density at radius 2 is 1.77 bits per heavy atom. The van der Waals surface area contributed by atoms with E-state index in [1.165, 1.54) is 4.90 Å². The Balaban J connectivity index is 1.49. The molecule has 2 N–H and O–H groups in total.